The minimum absolute atomic E-state index is 0.253. The van der Waals surface area contributed by atoms with Gasteiger partial charge in [0.15, 0.2) is 6.30 Å². The summed E-state index contributed by atoms with van der Waals surface area (Å²) >= 11 is 0. The molecule has 64 valence electrons. The monoisotopic (exact) mass is 165 g/mol. The lowest BCUT2D eigenvalue weighted by Gasteiger charge is -2.29. The number of hydrogen-bond acceptors (Lipinski definition) is 2. The lowest BCUT2D eigenvalue weighted by molar-refractivity contribution is -0.159. The molecule has 0 aromatic carbocycles. The lowest BCUT2D eigenvalue weighted by atomic mass is 9.95. The smallest absolute Gasteiger partial charge is 0.346 e. The fourth-order valence-electron chi connectivity index (χ4n) is 1.08. The van der Waals surface area contributed by atoms with Crippen LogP contribution in [-0.2, 0) is 4.79 Å². The van der Waals surface area contributed by atoms with E-state index in [1.54, 1.807) is 0 Å². The Morgan fingerprint density at radius 3 is 2.73 bits per heavy atom. The third kappa shape index (κ3) is 1.33. The highest BCUT2D eigenvalue weighted by molar-refractivity contribution is 5.78. The van der Waals surface area contributed by atoms with E-state index in [1.165, 1.54) is 0 Å². The highest BCUT2D eigenvalue weighted by Gasteiger charge is 2.48. The number of carboxylic acids is 1. The van der Waals surface area contributed by atoms with Gasteiger partial charge in [0, 0.05) is 0 Å². The van der Waals surface area contributed by atoms with Crippen molar-refractivity contribution in [2.45, 2.75) is 24.8 Å². The highest BCUT2D eigenvalue weighted by atomic mass is 19.2. The fraction of sp³-hybridized carbons (Fsp3) is 0.833. The number of nitrogens with one attached hydrogen (secondary N) is 1. The van der Waals surface area contributed by atoms with Gasteiger partial charge in [0.1, 0.15) is 0 Å². The number of carbonyl (C=O) groups is 1. The van der Waals surface area contributed by atoms with Gasteiger partial charge >= 0.3 is 5.97 Å². The summed E-state index contributed by atoms with van der Waals surface area (Å²) in [7, 11) is 0. The number of hydrogen-bond donors (Lipinski definition) is 2. The molecule has 1 fully saturated rings. The second-order valence-electron chi connectivity index (χ2n) is 2.59. The van der Waals surface area contributed by atoms with E-state index in [-0.39, 0.29) is 6.42 Å². The molecule has 0 aliphatic carbocycles. The first kappa shape index (κ1) is 8.39. The molecule has 3 nitrogen and oxygen atoms in total. The maximum Gasteiger partial charge on any atom is 0.346 e. The second-order valence-corrected chi connectivity index (χ2v) is 2.59. The molecule has 0 radical (unpaired) electrons. The van der Waals surface area contributed by atoms with Crippen LogP contribution in [0, 0.1) is 0 Å². The number of piperidine rings is 1. The number of alkyl halides is 2. The van der Waals surface area contributed by atoms with Crippen LogP contribution in [0.2, 0.25) is 0 Å². The first-order valence-electron chi connectivity index (χ1n) is 3.37. The van der Waals surface area contributed by atoms with Gasteiger partial charge in [-0.05, 0) is 19.4 Å². The minimum atomic E-state index is -2.72. The summed E-state index contributed by atoms with van der Waals surface area (Å²) in [6, 6.07) is 0. The van der Waals surface area contributed by atoms with E-state index in [9.17, 15) is 13.6 Å². The molecular weight excluding hydrogens is 156 g/mol. The molecule has 1 rings (SSSR count). The van der Waals surface area contributed by atoms with Gasteiger partial charge in [0.05, 0.1) is 0 Å². The van der Waals surface area contributed by atoms with Crippen LogP contribution in [0.5, 0.6) is 0 Å². The Morgan fingerprint density at radius 1 is 1.73 bits per heavy atom. The van der Waals surface area contributed by atoms with Crippen molar-refractivity contribution in [2.75, 3.05) is 6.54 Å². The molecule has 1 aliphatic heterocycles. The minimum Gasteiger partial charge on any atom is -0.479 e. The summed E-state index contributed by atoms with van der Waals surface area (Å²) in [5.74, 6) is -1.72. The Balaban J connectivity index is 2.72. The summed E-state index contributed by atoms with van der Waals surface area (Å²) in [4.78, 5) is 10.2. The Bertz CT molecular complexity index is 176. The van der Waals surface area contributed by atoms with Crippen LogP contribution in [-0.4, -0.2) is 29.6 Å². The standard InChI is InChI=1S/C6H9F2NO2/c7-4-6(8,5(10)11)2-1-3-9-4/h4,9H,1-3H2,(H,10,11). The zero-order valence-electron chi connectivity index (χ0n) is 5.81. The van der Waals surface area contributed by atoms with Gasteiger partial charge in [0.25, 0.3) is 5.67 Å². The van der Waals surface area contributed by atoms with E-state index in [0.29, 0.717) is 13.0 Å². The molecule has 0 aromatic rings. The van der Waals surface area contributed by atoms with Crippen LogP contribution in [0.4, 0.5) is 8.78 Å². The molecule has 0 saturated carbocycles. The molecule has 2 N–H and O–H groups in total. The van der Waals surface area contributed by atoms with Crippen LogP contribution in [0.1, 0.15) is 12.8 Å². The number of rotatable bonds is 1. The van der Waals surface area contributed by atoms with Gasteiger partial charge in [-0.2, -0.15) is 0 Å². The van der Waals surface area contributed by atoms with Crippen LogP contribution in [0.3, 0.4) is 0 Å². The average molecular weight is 165 g/mol. The molecule has 0 spiro atoms. The quantitative estimate of drug-likeness (QED) is 0.555. The molecule has 2 atom stereocenters. The molecule has 11 heavy (non-hydrogen) atoms. The van der Waals surface area contributed by atoms with Crippen molar-refractivity contribution in [1.82, 2.24) is 5.32 Å². The van der Waals surface area contributed by atoms with E-state index in [4.69, 9.17) is 5.11 Å². The Kier molecular flexibility index (Phi) is 2.08. The van der Waals surface area contributed by atoms with Crippen molar-refractivity contribution in [3.05, 3.63) is 0 Å². The van der Waals surface area contributed by atoms with Crippen molar-refractivity contribution < 1.29 is 18.7 Å². The van der Waals surface area contributed by atoms with Crippen molar-refractivity contribution in [3.8, 4) is 0 Å². The van der Waals surface area contributed by atoms with Gasteiger partial charge in [-0.25, -0.2) is 13.6 Å². The van der Waals surface area contributed by atoms with E-state index >= 15 is 0 Å². The topological polar surface area (TPSA) is 49.3 Å². The Hall–Kier alpha value is -0.710. The lowest BCUT2D eigenvalue weighted by Crippen LogP contribution is -2.54. The third-order valence-electron chi connectivity index (χ3n) is 1.80. The number of aliphatic carboxylic acids is 1. The zero-order chi connectivity index (χ0) is 8.48. The van der Waals surface area contributed by atoms with Crippen molar-refractivity contribution in [2.24, 2.45) is 0 Å². The van der Waals surface area contributed by atoms with Crippen molar-refractivity contribution in [3.63, 3.8) is 0 Å². The van der Waals surface area contributed by atoms with E-state index in [0.717, 1.165) is 0 Å². The van der Waals surface area contributed by atoms with Gasteiger partial charge in [-0.1, -0.05) is 0 Å². The largest absolute Gasteiger partial charge is 0.479 e. The predicted molar refractivity (Wildman–Crippen MR) is 33.6 cm³/mol. The molecule has 1 aliphatic rings. The van der Waals surface area contributed by atoms with Gasteiger partial charge in [-0.15, -0.1) is 0 Å². The SMILES string of the molecule is O=C(O)C1(F)CCCNC1F. The summed E-state index contributed by atoms with van der Waals surface area (Å²) < 4.78 is 25.7. The first-order chi connectivity index (χ1) is 5.07. The number of halogens is 2. The molecule has 1 saturated heterocycles. The molecule has 0 aromatic heterocycles. The van der Waals surface area contributed by atoms with Gasteiger partial charge in [-0.3, -0.25) is 5.32 Å². The normalized spacial score (nSPS) is 38.5. The maximum absolute atomic E-state index is 13.1. The molecule has 0 bridgehead atoms. The molecule has 5 heteroatoms. The van der Waals surface area contributed by atoms with Crippen molar-refractivity contribution in [1.29, 1.82) is 0 Å². The summed E-state index contributed by atoms with van der Waals surface area (Å²) in [6.07, 6.45) is -1.98. The predicted octanol–water partition coefficient (Wildman–Crippen LogP) is 0.458. The summed E-state index contributed by atoms with van der Waals surface area (Å²) in [5, 5.41) is 10.4. The van der Waals surface area contributed by atoms with E-state index in [2.05, 4.69) is 5.32 Å². The van der Waals surface area contributed by atoms with Gasteiger partial charge < -0.3 is 5.11 Å². The van der Waals surface area contributed by atoms with E-state index < -0.39 is 17.9 Å². The van der Waals surface area contributed by atoms with Gasteiger partial charge in [0.2, 0.25) is 0 Å². The van der Waals surface area contributed by atoms with E-state index in [1.807, 2.05) is 0 Å². The van der Waals surface area contributed by atoms with Crippen molar-refractivity contribution >= 4 is 5.97 Å². The maximum atomic E-state index is 13.1. The molecule has 2 unspecified atom stereocenters. The molecular formula is C6H9F2NO2. The highest BCUT2D eigenvalue weighted by Crippen LogP contribution is 2.27. The average Bonchev–Trinajstić information content (AvgIpc) is 1.95. The summed E-state index contributed by atoms with van der Waals surface area (Å²) in [5.41, 5.74) is -2.72. The Morgan fingerprint density at radius 2 is 2.36 bits per heavy atom. The first-order valence-corrected chi connectivity index (χ1v) is 3.37. The third-order valence-corrected chi connectivity index (χ3v) is 1.80. The Labute approximate surface area is 62.4 Å². The zero-order valence-corrected chi connectivity index (χ0v) is 5.81. The van der Waals surface area contributed by atoms with Crippen LogP contribution in [0.25, 0.3) is 0 Å². The number of carboxylic acid groups (broad SMARTS) is 1. The van der Waals surface area contributed by atoms with Crippen LogP contribution >= 0.6 is 0 Å². The fourth-order valence-corrected chi connectivity index (χ4v) is 1.08. The second kappa shape index (κ2) is 2.73. The van der Waals surface area contributed by atoms with Crippen LogP contribution < -0.4 is 5.32 Å². The molecule has 1 heterocycles. The van der Waals surface area contributed by atoms with Crippen LogP contribution in [0.15, 0.2) is 0 Å². The summed E-state index contributed by atoms with van der Waals surface area (Å²) in [6.45, 7) is 0.333. The molecule has 0 amide bonds.